The molecule has 0 aliphatic carbocycles. The molecule has 0 fully saturated rings. The number of aromatic nitrogens is 4. The number of hydrogen-bond donors (Lipinski definition) is 1. The highest BCUT2D eigenvalue weighted by Gasteiger charge is 2.09. The van der Waals surface area contributed by atoms with Gasteiger partial charge in [-0.15, -0.1) is 5.10 Å². The van der Waals surface area contributed by atoms with Crippen LogP contribution < -0.4 is 11.3 Å². The lowest BCUT2D eigenvalue weighted by atomic mass is 10.6. The Morgan fingerprint density at radius 2 is 2.27 bits per heavy atom. The molecule has 0 aromatic carbocycles. The van der Waals surface area contributed by atoms with Crippen LogP contribution >= 0.6 is 15.9 Å². The number of anilines is 1. The van der Waals surface area contributed by atoms with Gasteiger partial charge in [0.25, 0.3) is 5.56 Å². The zero-order chi connectivity index (χ0) is 11.0. The second-order valence-electron chi connectivity index (χ2n) is 2.97. The van der Waals surface area contributed by atoms with Crippen LogP contribution in [-0.4, -0.2) is 19.3 Å². The fourth-order valence-corrected chi connectivity index (χ4v) is 1.39. The summed E-state index contributed by atoms with van der Waals surface area (Å²) in [4.78, 5) is 15.6. The van der Waals surface area contributed by atoms with Crippen LogP contribution in [0.1, 0.15) is 0 Å². The van der Waals surface area contributed by atoms with Crippen LogP contribution in [0.15, 0.2) is 27.9 Å². The average Bonchev–Trinajstić information content (AvgIpc) is 2.51. The third-order valence-corrected chi connectivity index (χ3v) is 2.52. The van der Waals surface area contributed by atoms with Crippen molar-refractivity contribution < 1.29 is 0 Å². The predicted molar refractivity (Wildman–Crippen MR) is 58.7 cm³/mol. The fourth-order valence-electron chi connectivity index (χ4n) is 1.12. The van der Waals surface area contributed by atoms with Crippen molar-refractivity contribution in [3.8, 4) is 5.82 Å². The highest BCUT2D eigenvalue weighted by molar-refractivity contribution is 9.10. The molecule has 0 aliphatic heterocycles. The Morgan fingerprint density at radius 3 is 2.87 bits per heavy atom. The third-order valence-electron chi connectivity index (χ3n) is 1.91. The standard InChI is InChI=1S/C8H8BrN5O/c1-13-3-2-11-7(8(13)15)14-4-5(9)6(10)12-14/h2-4H,1H3,(H2,10,12). The Bertz CT molecular complexity index is 539. The van der Waals surface area contributed by atoms with E-state index < -0.39 is 0 Å². The van der Waals surface area contributed by atoms with Gasteiger partial charge >= 0.3 is 0 Å². The normalized spacial score (nSPS) is 10.5. The van der Waals surface area contributed by atoms with Crippen molar-refractivity contribution in [2.75, 3.05) is 5.73 Å². The maximum atomic E-state index is 11.7. The number of halogens is 1. The Balaban J connectivity index is 2.64. The zero-order valence-corrected chi connectivity index (χ0v) is 9.47. The van der Waals surface area contributed by atoms with Gasteiger partial charge in [0.05, 0.1) is 4.47 Å². The van der Waals surface area contributed by atoms with Crippen molar-refractivity contribution in [3.05, 3.63) is 33.4 Å². The van der Waals surface area contributed by atoms with Gasteiger partial charge < -0.3 is 10.3 Å². The van der Waals surface area contributed by atoms with Gasteiger partial charge in [-0.05, 0) is 15.9 Å². The average molecular weight is 270 g/mol. The lowest BCUT2D eigenvalue weighted by Crippen LogP contribution is -2.23. The van der Waals surface area contributed by atoms with E-state index in [1.54, 1.807) is 19.4 Å². The summed E-state index contributed by atoms with van der Waals surface area (Å²) in [5, 5.41) is 3.95. The van der Waals surface area contributed by atoms with E-state index >= 15 is 0 Å². The van der Waals surface area contributed by atoms with Crippen molar-refractivity contribution >= 4 is 21.7 Å². The van der Waals surface area contributed by atoms with Crippen molar-refractivity contribution in [2.24, 2.45) is 7.05 Å². The van der Waals surface area contributed by atoms with Crippen LogP contribution in [0.3, 0.4) is 0 Å². The topological polar surface area (TPSA) is 78.7 Å². The van der Waals surface area contributed by atoms with Crippen molar-refractivity contribution in [1.29, 1.82) is 0 Å². The number of nitrogens with two attached hydrogens (primary N) is 1. The van der Waals surface area contributed by atoms with Gasteiger partial charge in [-0.1, -0.05) is 0 Å². The number of nitrogen functional groups attached to an aromatic ring is 1. The van der Waals surface area contributed by atoms with Gasteiger partial charge in [0, 0.05) is 25.6 Å². The first-order valence-corrected chi connectivity index (χ1v) is 4.91. The molecule has 0 bridgehead atoms. The summed E-state index contributed by atoms with van der Waals surface area (Å²) in [5.74, 6) is 0.542. The fraction of sp³-hybridized carbons (Fsp3) is 0.125. The SMILES string of the molecule is Cn1ccnc(-n2cc(Br)c(N)n2)c1=O. The first-order valence-electron chi connectivity index (χ1n) is 4.12. The minimum atomic E-state index is -0.229. The van der Waals surface area contributed by atoms with E-state index in [2.05, 4.69) is 26.0 Å². The van der Waals surface area contributed by atoms with E-state index in [1.807, 2.05) is 0 Å². The van der Waals surface area contributed by atoms with Gasteiger partial charge in [0.15, 0.2) is 5.82 Å². The molecular formula is C8H8BrN5O. The molecule has 0 amide bonds. The van der Waals surface area contributed by atoms with Crippen molar-refractivity contribution in [1.82, 2.24) is 19.3 Å². The molecule has 0 atom stereocenters. The van der Waals surface area contributed by atoms with Gasteiger partial charge in [-0.2, -0.15) is 0 Å². The molecule has 15 heavy (non-hydrogen) atoms. The highest BCUT2D eigenvalue weighted by Crippen LogP contribution is 2.17. The van der Waals surface area contributed by atoms with Crippen LogP contribution in [0, 0.1) is 0 Å². The monoisotopic (exact) mass is 269 g/mol. The zero-order valence-electron chi connectivity index (χ0n) is 7.88. The van der Waals surface area contributed by atoms with Crippen LogP contribution in [0.25, 0.3) is 5.82 Å². The quantitative estimate of drug-likeness (QED) is 0.808. The lowest BCUT2D eigenvalue weighted by Gasteiger charge is -2.00. The van der Waals surface area contributed by atoms with Crippen LogP contribution in [0.5, 0.6) is 0 Å². The first kappa shape index (κ1) is 9.91. The maximum Gasteiger partial charge on any atom is 0.295 e. The number of aryl methyl sites for hydroxylation is 1. The molecular weight excluding hydrogens is 262 g/mol. The molecule has 2 heterocycles. The molecule has 2 rings (SSSR count). The summed E-state index contributed by atoms with van der Waals surface area (Å²) in [6.45, 7) is 0. The summed E-state index contributed by atoms with van der Waals surface area (Å²) in [6, 6.07) is 0. The molecule has 6 nitrogen and oxygen atoms in total. The first-order chi connectivity index (χ1) is 7.09. The Labute approximate surface area is 93.5 Å². The van der Waals surface area contributed by atoms with E-state index in [1.165, 1.54) is 15.4 Å². The molecule has 2 aromatic rings. The smallest absolute Gasteiger partial charge is 0.295 e. The Kier molecular flexibility index (Phi) is 2.31. The number of nitrogens with zero attached hydrogens (tertiary/aromatic N) is 4. The molecule has 7 heteroatoms. The summed E-state index contributed by atoms with van der Waals surface area (Å²) >= 11 is 3.21. The van der Waals surface area contributed by atoms with Gasteiger partial charge in [-0.3, -0.25) is 4.79 Å². The van der Waals surface area contributed by atoms with Crippen LogP contribution in [-0.2, 0) is 7.05 Å². The summed E-state index contributed by atoms with van der Waals surface area (Å²) in [5.41, 5.74) is 5.32. The second kappa shape index (κ2) is 3.50. The number of hydrogen-bond acceptors (Lipinski definition) is 4. The molecule has 0 radical (unpaired) electrons. The molecule has 2 aromatic heterocycles. The minimum absolute atomic E-state index is 0.220. The van der Waals surface area contributed by atoms with Crippen LogP contribution in [0.4, 0.5) is 5.82 Å². The number of rotatable bonds is 1. The molecule has 0 spiro atoms. The van der Waals surface area contributed by atoms with Crippen molar-refractivity contribution in [2.45, 2.75) is 0 Å². The molecule has 0 saturated heterocycles. The van der Waals surface area contributed by atoms with E-state index in [9.17, 15) is 4.79 Å². The molecule has 2 N–H and O–H groups in total. The predicted octanol–water partition coefficient (Wildman–Crippen LogP) is 0.311. The van der Waals surface area contributed by atoms with E-state index in [4.69, 9.17) is 5.73 Å². The van der Waals surface area contributed by atoms with Crippen molar-refractivity contribution in [3.63, 3.8) is 0 Å². The summed E-state index contributed by atoms with van der Waals surface area (Å²) < 4.78 is 3.41. The van der Waals surface area contributed by atoms with E-state index in [-0.39, 0.29) is 11.4 Å². The Hall–Kier alpha value is -1.63. The Morgan fingerprint density at radius 1 is 1.53 bits per heavy atom. The van der Waals surface area contributed by atoms with E-state index in [0.717, 1.165) is 0 Å². The largest absolute Gasteiger partial charge is 0.381 e. The maximum absolute atomic E-state index is 11.7. The molecule has 78 valence electrons. The van der Waals surface area contributed by atoms with Crippen LogP contribution in [0.2, 0.25) is 0 Å². The van der Waals surface area contributed by atoms with Gasteiger partial charge in [0.2, 0.25) is 5.82 Å². The van der Waals surface area contributed by atoms with E-state index in [0.29, 0.717) is 10.3 Å². The third kappa shape index (κ3) is 1.65. The second-order valence-corrected chi connectivity index (χ2v) is 3.83. The van der Waals surface area contributed by atoms with Gasteiger partial charge in [0.1, 0.15) is 0 Å². The molecule has 0 saturated carbocycles. The molecule has 0 aliphatic rings. The highest BCUT2D eigenvalue weighted by atomic mass is 79.9. The summed E-state index contributed by atoms with van der Waals surface area (Å²) in [7, 11) is 1.65. The minimum Gasteiger partial charge on any atom is -0.381 e. The molecule has 0 unspecified atom stereocenters. The van der Waals surface area contributed by atoms with Gasteiger partial charge in [-0.25, -0.2) is 9.67 Å². The lowest BCUT2D eigenvalue weighted by molar-refractivity contribution is 0.768. The summed E-state index contributed by atoms with van der Waals surface area (Å²) in [6.07, 6.45) is 4.70.